The number of para-hydroxylation sites is 4. The Morgan fingerprint density at radius 2 is 0.821 bits per heavy atom. The summed E-state index contributed by atoms with van der Waals surface area (Å²) < 4.78 is 9.12. The van der Waals surface area contributed by atoms with E-state index in [4.69, 9.17) is 4.42 Å². The number of benzene rings is 11. The number of hydrogen-bond donors (Lipinski definition) is 0. The van der Waals surface area contributed by atoms with Crippen LogP contribution in [0, 0.1) is 0 Å². The van der Waals surface area contributed by atoms with Crippen LogP contribution in [0.1, 0.15) is 0 Å². The number of anilines is 3. The third kappa shape index (κ3) is 6.51. The second-order valence-corrected chi connectivity index (χ2v) is 17.2. The van der Waals surface area contributed by atoms with Crippen molar-refractivity contribution < 1.29 is 4.42 Å². The van der Waals surface area contributed by atoms with E-state index in [1.54, 1.807) is 0 Å². The number of rotatable bonds is 8. The molecule has 2 aromatic heterocycles. The van der Waals surface area contributed by atoms with Crippen molar-refractivity contribution in [2.24, 2.45) is 0 Å². The second-order valence-electron chi connectivity index (χ2n) is 17.2. The van der Waals surface area contributed by atoms with Gasteiger partial charge in [-0.25, -0.2) is 0 Å². The summed E-state index contributed by atoms with van der Waals surface area (Å²) in [7, 11) is 0. The summed E-state index contributed by atoms with van der Waals surface area (Å²) in [6.45, 7) is 0. The first-order chi connectivity index (χ1) is 33.2. The third-order valence-corrected chi connectivity index (χ3v) is 13.4. The van der Waals surface area contributed by atoms with Crippen molar-refractivity contribution >= 4 is 71.6 Å². The molecule has 13 rings (SSSR count). The zero-order valence-corrected chi connectivity index (χ0v) is 36.6. The first-order valence-corrected chi connectivity index (χ1v) is 22.9. The van der Waals surface area contributed by atoms with Crippen LogP contribution >= 0.6 is 0 Å². The summed E-state index contributed by atoms with van der Waals surface area (Å²) in [5.74, 6) is 0. The van der Waals surface area contributed by atoms with Gasteiger partial charge < -0.3 is 13.9 Å². The fourth-order valence-electron chi connectivity index (χ4n) is 10.3. The van der Waals surface area contributed by atoms with Gasteiger partial charge in [0.25, 0.3) is 0 Å². The Labute approximate surface area is 388 Å². The number of nitrogens with zero attached hydrogens (tertiary/aromatic N) is 2. The van der Waals surface area contributed by atoms with E-state index in [0.29, 0.717) is 0 Å². The SMILES string of the molecule is c1ccc(-c2ccc(-c3ccc(N(c4ccc(-c5ccccc5-n5c6ccccc6c6ccccc65)cc4)c4ccccc4-c4cccc5oc6c7ccccc7ccc6c45)cc3)cc2)cc1. The summed E-state index contributed by atoms with van der Waals surface area (Å²) in [4.78, 5) is 2.40. The molecule has 0 saturated heterocycles. The van der Waals surface area contributed by atoms with E-state index in [-0.39, 0.29) is 0 Å². The molecule has 3 heteroatoms. The lowest BCUT2D eigenvalue weighted by molar-refractivity contribution is 0.673. The van der Waals surface area contributed by atoms with Gasteiger partial charge >= 0.3 is 0 Å². The fraction of sp³-hybridized carbons (Fsp3) is 0. The van der Waals surface area contributed by atoms with Gasteiger partial charge in [0.1, 0.15) is 11.2 Å². The van der Waals surface area contributed by atoms with Gasteiger partial charge in [-0.05, 0) is 99.4 Å². The maximum absolute atomic E-state index is 6.71. The molecule has 0 aliphatic heterocycles. The average molecular weight is 855 g/mol. The molecule has 67 heavy (non-hydrogen) atoms. The van der Waals surface area contributed by atoms with Crippen LogP contribution < -0.4 is 4.90 Å². The van der Waals surface area contributed by atoms with Gasteiger partial charge in [-0.15, -0.1) is 0 Å². The van der Waals surface area contributed by atoms with Gasteiger partial charge in [-0.3, -0.25) is 0 Å². The summed E-state index contributed by atoms with van der Waals surface area (Å²) in [6, 6.07) is 91.8. The molecule has 0 N–H and O–H groups in total. The maximum Gasteiger partial charge on any atom is 0.143 e. The largest absolute Gasteiger partial charge is 0.455 e. The van der Waals surface area contributed by atoms with Crippen LogP contribution in [0.25, 0.3) is 105 Å². The molecule has 3 nitrogen and oxygen atoms in total. The Morgan fingerprint density at radius 3 is 1.51 bits per heavy atom. The first kappa shape index (κ1) is 38.5. The highest BCUT2D eigenvalue weighted by Gasteiger charge is 2.22. The Morgan fingerprint density at radius 1 is 0.313 bits per heavy atom. The monoisotopic (exact) mass is 854 g/mol. The molecule has 0 spiro atoms. The minimum Gasteiger partial charge on any atom is -0.455 e. The zero-order valence-electron chi connectivity index (χ0n) is 36.6. The van der Waals surface area contributed by atoms with Gasteiger partial charge in [-0.1, -0.05) is 194 Å². The zero-order chi connectivity index (χ0) is 44.3. The van der Waals surface area contributed by atoms with E-state index in [2.05, 4.69) is 264 Å². The number of aromatic nitrogens is 1. The summed E-state index contributed by atoms with van der Waals surface area (Å²) in [5.41, 5.74) is 17.8. The van der Waals surface area contributed by atoms with Crippen molar-refractivity contribution in [2.75, 3.05) is 4.90 Å². The number of fused-ring (bicyclic) bond motifs is 8. The Bertz CT molecular complexity index is 3900. The highest BCUT2D eigenvalue weighted by Crippen LogP contribution is 2.46. The quantitative estimate of drug-likeness (QED) is 0.152. The van der Waals surface area contributed by atoms with Gasteiger partial charge in [0.2, 0.25) is 0 Å². The van der Waals surface area contributed by atoms with Crippen molar-refractivity contribution in [3.8, 4) is 50.2 Å². The van der Waals surface area contributed by atoms with Crippen LogP contribution in [0.4, 0.5) is 17.1 Å². The number of furan rings is 1. The molecule has 2 heterocycles. The summed E-state index contributed by atoms with van der Waals surface area (Å²) >= 11 is 0. The lowest BCUT2D eigenvalue weighted by Gasteiger charge is -2.28. The molecule has 314 valence electrons. The topological polar surface area (TPSA) is 21.3 Å². The average Bonchev–Trinajstić information content (AvgIpc) is 3.96. The van der Waals surface area contributed by atoms with Crippen LogP contribution in [0.2, 0.25) is 0 Å². The lowest BCUT2D eigenvalue weighted by atomic mass is 9.95. The molecule has 11 aromatic carbocycles. The van der Waals surface area contributed by atoms with E-state index >= 15 is 0 Å². The van der Waals surface area contributed by atoms with E-state index < -0.39 is 0 Å². The van der Waals surface area contributed by atoms with Crippen LogP contribution in [0.5, 0.6) is 0 Å². The predicted molar refractivity (Wildman–Crippen MR) is 282 cm³/mol. The maximum atomic E-state index is 6.71. The molecule has 0 radical (unpaired) electrons. The van der Waals surface area contributed by atoms with Crippen molar-refractivity contribution in [2.45, 2.75) is 0 Å². The van der Waals surface area contributed by atoms with Gasteiger partial charge in [0.05, 0.1) is 22.4 Å². The Hall–Kier alpha value is -8.92. The van der Waals surface area contributed by atoms with E-state index in [1.165, 1.54) is 49.4 Å². The van der Waals surface area contributed by atoms with Gasteiger partial charge in [0.15, 0.2) is 0 Å². The van der Waals surface area contributed by atoms with Gasteiger partial charge in [0, 0.05) is 49.4 Å². The molecule has 0 aliphatic rings. The van der Waals surface area contributed by atoms with E-state index in [1.807, 2.05) is 0 Å². The molecule has 0 atom stereocenters. The minimum atomic E-state index is 0.874. The smallest absolute Gasteiger partial charge is 0.143 e. The van der Waals surface area contributed by atoms with Crippen molar-refractivity contribution in [3.05, 3.63) is 255 Å². The highest BCUT2D eigenvalue weighted by molar-refractivity contribution is 6.20. The molecule has 0 aliphatic carbocycles. The van der Waals surface area contributed by atoms with Crippen LogP contribution in [0.15, 0.2) is 259 Å². The molecule has 0 bridgehead atoms. The summed E-state index contributed by atoms with van der Waals surface area (Å²) in [6.07, 6.45) is 0. The molecule has 13 aromatic rings. The molecule has 0 amide bonds. The molecule has 0 saturated carbocycles. The number of hydrogen-bond acceptors (Lipinski definition) is 2. The van der Waals surface area contributed by atoms with Crippen molar-refractivity contribution in [1.82, 2.24) is 4.57 Å². The molecule has 0 unspecified atom stereocenters. The minimum absolute atomic E-state index is 0.874. The molecular weight excluding hydrogens is 813 g/mol. The Balaban J connectivity index is 0.953. The van der Waals surface area contributed by atoms with Crippen molar-refractivity contribution in [1.29, 1.82) is 0 Å². The summed E-state index contributed by atoms with van der Waals surface area (Å²) in [5, 5.41) is 7.01. The van der Waals surface area contributed by atoms with Crippen molar-refractivity contribution in [3.63, 3.8) is 0 Å². The van der Waals surface area contributed by atoms with Crippen LogP contribution in [-0.2, 0) is 0 Å². The molecule has 0 fully saturated rings. The Kier molecular flexibility index (Phi) is 9.17. The highest BCUT2D eigenvalue weighted by atomic mass is 16.3. The van der Waals surface area contributed by atoms with Gasteiger partial charge in [-0.2, -0.15) is 0 Å². The first-order valence-electron chi connectivity index (χ1n) is 22.9. The predicted octanol–water partition coefficient (Wildman–Crippen LogP) is 18.0. The molecular formula is C64H42N2O. The standard InChI is InChI=1S/C64H42N2O/c1-2-15-43(16-3-1)44-29-31-45(32-30-44)46-33-38-49(39-34-46)65(59-25-11-9-22-55(59)56-23-14-28-62-63(56)57-42-37-47-17-4-5-19-52(47)64(57)67-62)50-40-35-48(36-41-50)51-18-6-10-24-58(51)66-60-26-12-7-20-53(60)54-21-8-13-27-61(54)66/h1-42H. The van der Waals surface area contributed by atoms with E-state index in [9.17, 15) is 0 Å². The van der Waals surface area contributed by atoms with E-state index in [0.717, 1.165) is 72.3 Å². The fourth-order valence-corrected chi connectivity index (χ4v) is 10.3. The van der Waals surface area contributed by atoms with Crippen LogP contribution in [0.3, 0.4) is 0 Å². The van der Waals surface area contributed by atoms with Crippen LogP contribution in [-0.4, -0.2) is 4.57 Å². The lowest BCUT2D eigenvalue weighted by Crippen LogP contribution is -2.11. The third-order valence-electron chi connectivity index (χ3n) is 13.4. The second kappa shape index (κ2) is 16.0. The normalized spacial score (nSPS) is 11.6.